The third-order valence-electron chi connectivity index (χ3n) is 5.87. The molecule has 0 radical (unpaired) electrons. The number of piperidine rings is 1. The molecule has 3 heterocycles. The number of aromatic nitrogens is 4. The first kappa shape index (κ1) is 15.8. The van der Waals surface area contributed by atoms with Gasteiger partial charge >= 0.3 is 0 Å². The second kappa shape index (κ2) is 7.01. The fourth-order valence-electron chi connectivity index (χ4n) is 4.38. The maximum Gasteiger partial charge on any atom is 0.0967 e. The lowest BCUT2D eigenvalue weighted by Crippen LogP contribution is -2.40. The van der Waals surface area contributed by atoms with Gasteiger partial charge in [-0.3, -0.25) is 9.88 Å². The predicted octanol–water partition coefficient (Wildman–Crippen LogP) is 3.27. The van der Waals surface area contributed by atoms with Gasteiger partial charge in [0, 0.05) is 18.9 Å². The van der Waals surface area contributed by atoms with Crippen molar-refractivity contribution in [3.05, 3.63) is 42.0 Å². The molecule has 2 aromatic heterocycles. The third-order valence-corrected chi connectivity index (χ3v) is 5.87. The number of pyridine rings is 1. The third kappa shape index (κ3) is 3.66. The van der Waals surface area contributed by atoms with Gasteiger partial charge in [-0.2, -0.15) is 0 Å². The standard InChI is InChI=1S/C19H27N5/c1-2-6-19(7-3-1)8-11-23(12-9-19)15-18-16-24(22-21-18)14-17-5-4-10-20-13-17/h4-5,10,13,16H,1-3,6-9,11-12,14-15H2. The van der Waals surface area contributed by atoms with E-state index in [1.54, 1.807) is 6.20 Å². The van der Waals surface area contributed by atoms with Crippen LogP contribution < -0.4 is 0 Å². The van der Waals surface area contributed by atoms with E-state index in [-0.39, 0.29) is 0 Å². The van der Waals surface area contributed by atoms with E-state index in [1.165, 1.54) is 58.0 Å². The fraction of sp³-hybridized carbons (Fsp3) is 0.632. The van der Waals surface area contributed by atoms with Crippen LogP contribution in [0, 0.1) is 5.41 Å². The van der Waals surface area contributed by atoms with E-state index in [2.05, 4.69) is 32.5 Å². The van der Waals surface area contributed by atoms with E-state index in [0.29, 0.717) is 5.41 Å². The highest BCUT2D eigenvalue weighted by Crippen LogP contribution is 2.44. The van der Waals surface area contributed by atoms with Crippen molar-refractivity contribution in [2.45, 2.75) is 58.0 Å². The molecule has 4 rings (SSSR count). The van der Waals surface area contributed by atoms with Crippen LogP contribution in [0.25, 0.3) is 0 Å². The highest BCUT2D eigenvalue weighted by atomic mass is 15.4. The Kier molecular flexibility index (Phi) is 4.60. The first-order chi connectivity index (χ1) is 11.8. The van der Waals surface area contributed by atoms with E-state index in [4.69, 9.17) is 0 Å². The first-order valence-electron chi connectivity index (χ1n) is 9.32. The predicted molar refractivity (Wildman–Crippen MR) is 93.4 cm³/mol. The summed E-state index contributed by atoms with van der Waals surface area (Å²) in [5.74, 6) is 0. The van der Waals surface area contributed by atoms with Crippen LogP contribution in [0.15, 0.2) is 30.7 Å². The molecule has 0 amide bonds. The Hall–Kier alpha value is -1.75. The summed E-state index contributed by atoms with van der Waals surface area (Å²) in [6.07, 6.45) is 15.8. The number of hydrogen-bond donors (Lipinski definition) is 0. The Morgan fingerprint density at radius 3 is 2.58 bits per heavy atom. The topological polar surface area (TPSA) is 46.8 Å². The van der Waals surface area contributed by atoms with Crippen LogP contribution in [0.2, 0.25) is 0 Å². The van der Waals surface area contributed by atoms with Crippen LogP contribution >= 0.6 is 0 Å². The van der Waals surface area contributed by atoms with E-state index in [0.717, 1.165) is 24.3 Å². The minimum absolute atomic E-state index is 0.673. The lowest BCUT2D eigenvalue weighted by atomic mass is 9.68. The van der Waals surface area contributed by atoms with Gasteiger partial charge in [-0.15, -0.1) is 5.10 Å². The van der Waals surface area contributed by atoms with Crippen LogP contribution in [0.5, 0.6) is 0 Å². The van der Waals surface area contributed by atoms with E-state index in [1.807, 2.05) is 16.9 Å². The van der Waals surface area contributed by atoms with Gasteiger partial charge in [0.25, 0.3) is 0 Å². The van der Waals surface area contributed by atoms with E-state index >= 15 is 0 Å². The first-order valence-corrected chi connectivity index (χ1v) is 9.32. The van der Waals surface area contributed by atoms with Crippen LogP contribution in [0.3, 0.4) is 0 Å². The summed E-state index contributed by atoms with van der Waals surface area (Å²) in [6.45, 7) is 4.11. The molecular formula is C19H27N5. The number of likely N-dealkylation sites (tertiary alicyclic amines) is 1. The van der Waals surface area contributed by atoms with Crippen molar-refractivity contribution in [3.8, 4) is 0 Å². The molecule has 0 aromatic carbocycles. The lowest BCUT2D eigenvalue weighted by Gasteiger charge is -2.44. The Morgan fingerprint density at radius 2 is 1.83 bits per heavy atom. The zero-order valence-corrected chi connectivity index (χ0v) is 14.4. The molecule has 1 aliphatic heterocycles. The van der Waals surface area contributed by atoms with E-state index in [9.17, 15) is 0 Å². The van der Waals surface area contributed by atoms with Crippen molar-refractivity contribution in [3.63, 3.8) is 0 Å². The Morgan fingerprint density at radius 1 is 1.00 bits per heavy atom. The fourth-order valence-corrected chi connectivity index (χ4v) is 4.38. The molecule has 1 saturated carbocycles. The van der Waals surface area contributed by atoms with Crippen molar-refractivity contribution < 1.29 is 0 Å². The molecule has 2 aromatic rings. The largest absolute Gasteiger partial charge is 0.297 e. The smallest absolute Gasteiger partial charge is 0.0967 e. The second-order valence-electron chi connectivity index (χ2n) is 7.61. The van der Waals surface area contributed by atoms with Crippen molar-refractivity contribution in [2.24, 2.45) is 5.41 Å². The quantitative estimate of drug-likeness (QED) is 0.865. The van der Waals surface area contributed by atoms with Crippen LogP contribution in [-0.2, 0) is 13.1 Å². The molecular weight excluding hydrogens is 298 g/mol. The monoisotopic (exact) mass is 325 g/mol. The molecule has 0 bridgehead atoms. The van der Waals surface area contributed by atoms with Crippen molar-refractivity contribution >= 4 is 0 Å². The molecule has 1 saturated heterocycles. The normalized spacial score (nSPS) is 21.2. The maximum absolute atomic E-state index is 4.36. The van der Waals surface area contributed by atoms with Crippen LogP contribution in [0.4, 0.5) is 0 Å². The molecule has 24 heavy (non-hydrogen) atoms. The van der Waals surface area contributed by atoms with Gasteiger partial charge in [-0.05, 0) is 55.8 Å². The van der Waals surface area contributed by atoms with Crippen molar-refractivity contribution in [1.82, 2.24) is 24.9 Å². The Balaban J connectivity index is 1.30. The molecule has 5 heteroatoms. The van der Waals surface area contributed by atoms with Crippen molar-refractivity contribution in [1.29, 1.82) is 0 Å². The second-order valence-corrected chi connectivity index (χ2v) is 7.61. The van der Waals surface area contributed by atoms with Crippen LogP contribution in [0.1, 0.15) is 56.2 Å². The molecule has 1 spiro atoms. The van der Waals surface area contributed by atoms with Gasteiger partial charge in [0.2, 0.25) is 0 Å². The van der Waals surface area contributed by atoms with Gasteiger partial charge in [-0.25, -0.2) is 4.68 Å². The molecule has 2 aliphatic rings. The van der Waals surface area contributed by atoms with E-state index < -0.39 is 0 Å². The zero-order valence-electron chi connectivity index (χ0n) is 14.4. The Labute approximate surface area is 144 Å². The average molecular weight is 325 g/mol. The summed E-state index contributed by atoms with van der Waals surface area (Å²) < 4.78 is 1.92. The van der Waals surface area contributed by atoms with Crippen molar-refractivity contribution in [2.75, 3.05) is 13.1 Å². The summed E-state index contributed by atoms with van der Waals surface area (Å²) in [7, 11) is 0. The highest BCUT2D eigenvalue weighted by molar-refractivity contribution is 5.09. The number of nitrogens with zero attached hydrogens (tertiary/aromatic N) is 5. The Bertz CT molecular complexity index is 635. The van der Waals surface area contributed by atoms with Gasteiger partial charge in [0.1, 0.15) is 0 Å². The minimum Gasteiger partial charge on any atom is -0.297 e. The van der Waals surface area contributed by atoms with Gasteiger partial charge < -0.3 is 0 Å². The summed E-state index contributed by atoms with van der Waals surface area (Å²) >= 11 is 0. The molecule has 2 fully saturated rings. The molecule has 128 valence electrons. The molecule has 0 N–H and O–H groups in total. The molecule has 0 atom stereocenters. The maximum atomic E-state index is 4.36. The van der Waals surface area contributed by atoms with Crippen LogP contribution in [-0.4, -0.2) is 38.0 Å². The van der Waals surface area contributed by atoms with Gasteiger partial charge in [0.15, 0.2) is 0 Å². The lowest BCUT2D eigenvalue weighted by molar-refractivity contribution is 0.0635. The summed E-state index contributed by atoms with van der Waals surface area (Å²) in [5.41, 5.74) is 2.91. The minimum atomic E-state index is 0.673. The average Bonchev–Trinajstić information content (AvgIpc) is 3.06. The number of hydrogen-bond acceptors (Lipinski definition) is 4. The van der Waals surface area contributed by atoms with Gasteiger partial charge in [-0.1, -0.05) is 30.5 Å². The summed E-state index contributed by atoms with van der Waals surface area (Å²) in [4.78, 5) is 6.71. The SMILES string of the molecule is c1cncc(Cn2cc(CN3CCC4(CCCCC4)CC3)nn2)c1. The zero-order chi connectivity index (χ0) is 16.2. The molecule has 5 nitrogen and oxygen atoms in total. The number of rotatable bonds is 4. The van der Waals surface area contributed by atoms with Gasteiger partial charge in [0.05, 0.1) is 18.4 Å². The molecule has 0 unspecified atom stereocenters. The summed E-state index contributed by atoms with van der Waals surface area (Å²) in [5, 5.41) is 8.63. The molecule has 1 aliphatic carbocycles. The highest BCUT2D eigenvalue weighted by Gasteiger charge is 2.35. The summed E-state index contributed by atoms with van der Waals surface area (Å²) in [6, 6.07) is 4.03.